The van der Waals surface area contributed by atoms with Crippen LogP contribution in [0.3, 0.4) is 0 Å². The van der Waals surface area contributed by atoms with E-state index in [1.807, 2.05) is 24.3 Å². The molecule has 3 rings (SSSR count). The van der Waals surface area contributed by atoms with Gasteiger partial charge in [0.2, 0.25) is 0 Å². The molecule has 0 aliphatic carbocycles. The van der Waals surface area contributed by atoms with Crippen molar-refractivity contribution in [2.45, 2.75) is 13.3 Å². The quantitative estimate of drug-likeness (QED) is 0.848. The van der Waals surface area contributed by atoms with Gasteiger partial charge in [0.25, 0.3) is 0 Å². The Labute approximate surface area is 116 Å². The molecule has 0 bridgehead atoms. The third kappa shape index (κ3) is 2.11. The Kier molecular flexibility index (Phi) is 3.10. The molecule has 0 saturated heterocycles. The molecule has 1 N–H and O–H groups in total. The molecule has 20 heavy (non-hydrogen) atoms. The van der Waals surface area contributed by atoms with Gasteiger partial charge < -0.3 is 10.0 Å². The highest BCUT2D eigenvalue weighted by atomic mass is 16.4. The zero-order chi connectivity index (χ0) is 14.1. The lowest BCUT2D eigenvalue weighted by atomic mass is 10.1. The summed E-state index contributed by atoms with van der Waals surface area (Å²) in [5, 5.41) is 18.1. The fraction of sp³-hybridized carbons (Fsp3) is 0.267. The first-order chi connectivity index (χ1) is 9.66. The molecule has 2 heterocycles. The molecule has 1 aromatic heterocycles. The number of benzene rings is 1. The van der Waals surface area contributed by atoms with Crippen molar-refractivity contribution >= 4 is 22.6 Å². The third-order valence-corrected chi connectivity index (χ3v) is 3.60. The Balaban J connectivity index is 2.20. The van der Waals surface area contributed by atoms with Crippen LogP contribution in [0, 0.1) is 0 Å². The van der Waals surface area contributed by atoms with Crippen molar-refractivity contribution in [3.63, 3.8) is 0 Å². The summed E-state index contributed by atoms with van der Waals surface area (Å²) in [6, 6.07) is 7.52. The number of carboxylic acids is 1. The van der Waals surface area contributed by atoms with E-state index < -0.39 is 5.97 Å². The molecule has 0 spiro atoms. The summed E-state index contributed by atoms with van der Waals surface area (Å²) >= 11 is 0. The average molecular weight is 269 g/mol. The Hall–Kier alpha value is -2.43. The molecule has 5 heteroatoms. The van der Waals surface area contributed by atoms with E-state index in [-0.39, 0.29) is 5.69 Å². The molecule has 0 amide bonds. The normalized spacial score (nSPS) is 15.2. The standard InChI is InChI=1S/C15H15N3O2/c1-10-6-8-18(9-7-10)14-11-4-2-3-5-12(11)16-17-13(14)15(19)20/h2-6H,7-9H2,1H3,(H,19,20). The van der Waals surface area contributed by atoms with Gasteiger partial charge in [-0.05, 0) is 19.4 Å². The van der Waals surface area contributed by atoms with Gasteiger partial charge in [-0.2, -0.15) is 0 Å². The van der Waals surface area contributed by atoms with Gasteiger partial charge in [-0.15, -0.1) is 10.2 Å². The smallest absolute Gasteiger partial charge is 0.358 e. The average Bonchev–Trinajstić information content (AvgIpc) is 2.47. The highest BCUT2D eigenvalue weighted by Gasteiger charge is 2.22. The maximum atomic E-state index is 11.4. The Bertz CT molecular complexity index is 709. The van der Waals surface area contributed by atoms with Crippen molar-refractivity contribution < 1.29 is 9.90 Å². The van der Waals surface area contributed by atoms with Crippen LogP contribution in [0.4, 0.5) is 5.69 Å². The predicted molar refractivity (Wildman–Crippen MR) is 77.1 cm³/mol. The van der Waals surface area contributed by atoms with E-state index in [0.717, 1.165) is 23.9 Å². The highest BCUT2D eigenvalue weighted by Crippen LogP contribution is 2.30. The molecular formula is C15H15N3O2. The number of aromatic carboxylic acids is 1. The largest absolute Gasteiger partial charge is 0.476 e. The minimum atomic E-state index is -1.04. The van der Waals surface area contributed by atoms with E-state index in [1.165, 1.54) is 5.57 Å². The summed E-state index contributed by atoms with van der Waals surface area (Å²) in [6.07, 6.45) is 3.07. The van der Waals surface area contributed by atoms with Crippen LogP contribution in [0.15, 0.2) is 35.9 Å². The summed E-state index contributed by atoms with van der Waals surface area (Å²) < 4.78 is 0. The fourth-order valence-electron chi connectivity index (χ4n) is 2.48. The monoisotopic (exact) mass is 269 g/mol. The van der Waals surface area contributed by atoms with Crippen LogP contribution in [0.2, 0.25) is 0 Å². The third-order valence-electron chi connectivity index (χ3n) is 3.60. The number of nitrogens with zero attached hydrogens (tertiary/aromatic N) is 3. The Morgan fingerprint density at radius 1 is 1.30 bits per heavy atom. The van der Waals surface area contributed by atoms with Crippen molar-refractivity contribution in [3.8, 4) is 0 Å². The first-order valence-electron chi connectivity index (χ1n) is 6.56. The van der Waals surface area contributed by atoms with Crippen LogP contribution < -0.4 is 4.90 Å². The molecule has 0 atom stereocenters. The summed E-state index contributed by atoms with van der Waals surface area (Å²) in [5.41, 5.74) is 2.76. The second kappa shape index (κ2) is 4.92. The number of fused-ring (bicyclic) bond motifs is 1. The lowest BCUT2D eigenvalue weighted by molar-refractivity contribution is 0.0690. The Morgan fingerprint density at radius 2 is 2.10 bits per heavy atom. The van der Waals surface area contributed by atoms with Crippen LogP contribution in [0.1, 0.15) is 23.8 Å². The highest BCUT2D eigenvalue weighted by molar-refractivity contribution is 6.02. The van der Waals surface area contributed by atoms with E-state index in [2.05, 4.69) is 28.1 Å². The number of carboxylic acid groups (broad SMARTS) is 1. The van der Waals surface area contributed by atoms with Gasteiger partial charge in [-0.25, -0.2) is 4.79 Å². The molecule has 1 aliphatic heterocycles. The first-order valence-corrected chi connectivity index (χ1v) is 6.56. The van der Waals surface area contributed by atoms with E-state index in [9.17, 15) is 9.90 Å². The van der Waals surface area contributed by atoms with Crippen molar-refractivity contribution in [1.82, 2.24) is 10.2 Å². The van der Waals surface area contributed by atoms with E-state index in [0.29, 0.717) is 12.2 Å². The number of anilines is 1. The molecule has 0 radical (unpaired) electrons. The SMILES string of the molecule is CC1=CCN(c2c(C(=O)O)nnc3ccccc23)CC1. The van der Waals surface area contributed by atoms with Gasteiger partial charge in [-0.1, -0.05) is 29.8 Å². The van der Waals surface area contributed by atoms with E-state index >= 15 is 0 Å². The van der Waals surface area contributed by atoms with E-state index in [4.69, 9.17) is 0 Å². The molecule has 0 fully saturated rings. The number of aromatic nitrogens is 2. The Morgan fingerprint density at radius 3 is 2.80 bits per heavy atom. The summed E-state index contributed by atoms with van der Waals surface area (Å²) in [6.45, 7) is 3.61. The second-order valence-corrected chi connectivity index (χ2v) is 4.97. The van der Waals surface area contributed by atoms with Crippen molar-refractivity contribution in [2.75, 3.05) is 18.0 Å². The summed E-state index contributed by atoms with van der Waals surface area (Å²) in [4.78, 5) is 13.5. The molecule has 0 unspecified atom stereocenters. The lowest BCUT2D eigenvalue weighted by Crippen LogP contribution is -2.30. The van der Waals surface area contributed by atoms with Crippen LogP contribution >= 0.6 is 0 Å². The summed E-state index contributed by atoms with van der Waals surface area (Å²) in [5.74, 6) is -1.04. The molecule has 5 nitrogen and oxygen atoms in total. The number of hydrogen-bond acceptors (Lipinski definition) is 4. The number of carbonyl (C=O) groups is 1. The minimum Gasteiger partial charge on any atom is -0.476 e. The maximum absolute atomic E-state index is 11.4. The first kappa shape index (κ1) is 12.6. The van der Waals surface area contributed by atoms with Gasteiger partial charge >= 0.3 is 5.97 Å². The molecule has 2 aromatic rings. The van der Waals surface area contributed by atoms with Crippen molar-refractivity contribution in [1.29, 1.82) is 0 Å². The van der Waals surface area contributed by atoms with Crippen LogP contribution in [0.25, 0.3) is 10.9 Å². The molecule has 102 valence electrons. The lowest BCUT2D eigenvalue weighted by Gasteiger charge is -2.29. The van der Waals surface area contributed by atoms with E-state index in [1.54, 1.807) is 0 Å². The topological polar surface area (TPSA) is 66.3 Å². The fourth-order valence-corrected chi connectivity index (χ4v) is 2.48. The molecular weight excluding hydrogens is 254 g/mol. The van der Waals surface area contributed by atoms with Crippen molar-refractivity contribution in [2.24, 2.45) is 0 Å². The van der Waals surface area contributed by atoms with Gasteiger partial charge in [0, 0.05) is 18.5 Å². The number of rotatable bonds is 2. The van der Waals surface area contributed by atoms with Crippen LogP contribution in [-0.2, 0) is 0 Å². The van der Waals surface area contributed by atoms with Gasteiger partial charge in [0.05, 0.1) is 11.2 Å². The van der Waals surface area contributed by atoms with Gasteiger partial charge in [0.15, 0.2) is 5.69 Å². The summed E-state index contributed by atoms with van der Waals surface area (Å²) in [7, 11) is 0. The number of hydrogen-bond donors (Lipinski definition) is 1. The molecule has 1 aromatic carbocycles. The zero-order valence-electron chi connectivity index (χ0n) is 11.2. The van der Waals surface area contributed by atoms with Gasteiger partial charge in [0.1, 0.15) is 0 Å². The van der Waals surface area contributed by atoms with Gasteiger partial charge in [-0.3, -0.25) is 0 Å². The second-order valence-electron chi connectivity index (χ2n) is 4.97. The zero-order valence-corrected chi connectivity index (χ0v) is 11.2. The molecule has 0 saturated carbocycles. The molecule has 1 aliphatic rings. The predicted octanol–water partition coefficient (Wildman–Crippen LogP) is 2.48. The van der Waals surface area contributed by atoms with Crippen LogP contribution in [0.5, 0.6) is 0 Å². The minimum absolute atomic E-state index is 0.0247. The van der Waals surface area contributed by atoms with Crippen molar-refractivity contribution in [3.05, 3.63) is 41.6 Å². The maximum Gasteiger partial charge on any atom is 0.358 e. The van der Waals surface area contributed by atoms with Crippen LogP contribution in [-0.4, -0.2) is 34.4 Å².